The molecule has 1 aliphatic heterocycles. The Morgan fingerprint density at radius 1 is 1.36 bits per heavy atom. The maximum Gasteiger partial charge on any atom is 0.342 e. The smallest absolute Gasteiger partial charge is 0.342 e. The van der Waals surface area contributed by atoms with E-state index in [-0.39, 0.29) is 13.4 Å². The van der Waals surface area contributed by atoms with Crippen molar-refractivity contribution in [1.82, 2.24) is 0 Å². The first kappa shape index (κ1) is 19.1. The minimum Gasteiger partial charge on any atom is -0.496 e. The molecule has 2 rings (SSSR count). The van der Waals surface area contributed by atoms with Crippen molar-refractivity contribution in [2.75, 3.05) is 27.6 Å². The highest BCUT2D eigenvalue weighted by molar-refractivity contribution is 5.97. The molecule has 0 fully saturated rings. The van der Waals surface area contributed by atoms with Crippen molar-refractivity contribution in [3.63, 3.8) is 0 Å². The number of ether oxygens (including phenoxy) is 5. The van der Waals surface area contributed by atoms with Gasteiger partial charge in [-0.3, -0.25) is 0 Å². The van der Waals surface area contributed by atoms with Crippen LogP contribution in [0.4, 0.5) is 0 Å². The lowest BCUT2D eigenvalue weighted by atomic mass is 9.99. The normalized spacial score (nSPS) is 15.1. The van der Waals surface area contributed by atoms with E-state index in [9.17, 15) is 4.79 Å². The van der Waals surface area contributed by atoms with Gasteiger partial charge in [0.15, 0.2) is 5.60 Å². The highest BCUT2D eigenvalue weighted by atomic mass is 16.7. The summed E-state index contributed by atoms with van der Waals surface area (Å²) in [7, 11) is 3.14. The number of methoxy groups -OCH3 is 2. The third kappa shape index (κ3) is 4.25. The molecule has 1 atom stereocenters. The van der Waals surface area contributed by atoms with E-state index in [0.717, 1.165) is 11.1 Å². The minimum absolute atomic E-state index is 0.213. The van der Waals surface area contributed by atoms with Crippen LogP contribution in [0, 0.1) is 19.3 Å². The second-order valence-electron chi connectivity index (χ2n) is 6.03. The second-order valence-corrected chi connectivity index (χ2v) is 6.03. The average molecular weight is 348 g/mol. The standard InChI is InChI=1S/C19H24O6/c1-6-19(3,8-7-9-23-12-21-4)25-16-10-15(22-5)13(2)14-11-24-18(20)17(14)16/h1,10H,7-9,11-12H2,2-5H3. The van der Waals surface area contributed by atoms with Crippen LogP contribution >= 0.6 is 0 Å². The molecular weight excluding hydrogens is 324 g/mol. The quantitative estimate of drug-likeness (QED) is 0.296. The van der Waals surface area contributed by atoms with Crippen LogP contribution in [0.5, 0.6) is 11.5 Å². The maximum absolute atomic E-state index is 12.1. The molecule has 0 bridgehead atoms. The first-order valence-corrected chi connectivity index (χ1v) is 8.06. The third-order valence-electron chi connectivity index (χ3n) is 4.19. The van der Waals surface area contributed by atoms with Crippen molar-refractivity contribution in [2.45, 2.75) is 38.9 Å². The van der Waals surface area contributed by atoms with Crippen LogP contribution in [-0.2, 0) is 20.8 Å². The van der Waals surface area contributed by atoms with E-state index in [2.05, 4.69) is 5.92 Å². The molecule has 1 unspecified atom stereocenters. The Labute approximate surface area is 148 Å². The molecule has 0 N–H and O–H groups in total. The van der Waals surface area contributed by atoms with Gasteiger partial charge >= 0.3 is 5.97 Å². The summed E-state index contributed by atoms with van der Waals surface area (Å²) < 4.78 is 26.7. The fourth-order valence-corrected chi connectivity index (χ4v) is 2.74. The van der Waals surface area contributed by atoms with E-state index in [4.69, 9.17) is 30.1 Å². The SMILES string of the molecule is C#CC(C)(CCCOCOC)Oc1cc(OC)c(C)c2c1C(=O)OC2. The molecule has 6 heteroatoms. The number of cyclic esters (lactones) is 1. The van der Waals surface area contributed by atoms with E-state index in [1.807, 2.05) is 13.8 Å². The van der Waals surface area contributed by atoms with Gasteiger partial charge in [0, 0.05) is 31.8 Å². The molecule has 0 saturated carbocycles. The Morgan fingerprint density at radius 3 is 2.76 bits per heavy atom. The van der Waals surface area contributed by atoms with Crippen LogP contribution in [-0.4, -0.2) is 39.2 Å². The molecule has 0 radical (unpaired) electrons. The first-order valence-electron chi connectivity index (χ1n) is 8.06. The molecule has 0 saturated heterocycles. The number of fused-ring (bicyclic) bond motifs is 1. The second kappa shape index (κ2) is 8.24. The number of carbonyl (C=O) groups excluding carboxylic acids is 1. The van der Waals surface area contributed by atoms with Gasteiger partial charge in [-0.15, -0.1) is 6.42 Å². The molecule has 6 nitrogen and oxygen atoms in total. The lowest BCUT2D eigenvalue weighted by Gasteiger charge is -2.27. The molecule has 136 valence electrons. The van der Waals surface area contributed by atoms with Crippen molar-refractivity contribution < 1.29 is 28.5 Å². The average Bonchev–Trinajstić information content (AvgIpc) is 3.00. The molecule has 25 heavy (non-hydrogen) atoms. The zero-order chi connectivity index (χ0) is 18.4. The number of esters is 1. The van der Waals surface area contributed by atoms with Crippen molar-refractivity contribution in [1.29, 1.82) is 0 Å². The highest BCUT2D eigenvalue weighted by Gasteiger charge is 2.33. The van der Waals surface area contributed by atoms with Gasteiger partial charge < -0.3 is 23.7 Å². The summed E-state index contributed by atoms with van der Waals surface area (Å²) in [6.07, 6.45) is 6.95. The summed E-state index contributed by atoms with van der Waals surface area (Å²) in [5, 5.41) is 0. The largest absolute Gasteiger partial charge is 0.496 e. The Morgan fingerprint density at radius 2 is 2.12 bits per heavy atom. The van der Waals surface area contributed by atoms with Gasteiger partial charge in [-0.05, 0) is 25.8 Å². The number of rotatable bonds is 9. The van der Waals surface area contributed by atoms with Crippen LogP contribution in [0.1, 0.15) is 41.3 Å². The first-order chi connectivity index (χ1) is 12.0. The molecular formula is C19H24O6. The molecule has 0 amide bonds. The summed E-state index contributed by atoms with van der Waals surface area (Å²) in [6.45, 7) is 4.65. The predicted octanol–water partition coefficient (Wildman–Crippen LogP) is 2.85. The van der Waals surface area contributed by atoms with E-state index in [1.165, 1.54) is 0 Å². The van der Waals surface area contributed by atoms with E-state index >= 15 is 0 Å². The van der Waals surface area contributed by atoms with Gasteiger partial charge in [-0.1, -0.05) is 5.92 Å². The van der Waals surface area contributed by atoms with Gasteiger partial charge in [0.2, 0.25) is 0 Å². The van der Waals surface area contributed by atoms with Crippen molar-refractivity contribution in [3.05, 3.63) is 22.8 Å². The fourth-order valence-electron chi connectivity index (χ4n) is 2.74. The summed E-state index contributed by atoms with van der Waals surface area (Å²) in [4.78, 5) is 12.1. The molecule has 1 aromatic rings. The van der Waals surface area contributed by atoms with Crippen LogP contribution < -0.4 is 9.47 Å². The van der Waals surface area contributed by atoms with Gasteiger partial charge in [0.05, 0.1) is 7.11 Å². The monoisotopic (exact) mass is 348 g/mol. The Bertz CT molecular complexity index is 675. The molecule has 1 heterocycles. The third-order valence-corrected chi connectivity index (χ3v) is 4.19. The Hall–Kier alpha value is -2.23. The molecule has 0 spiro atoms. The maximum atomic E-state index is 12.1. The highest BCUT2D eigenvalue weighted by Crippen LogP contribution is 2.39. The van der Waals surface area contributed by atoms with Crippen molar-refractivity contribution in [3.8, 4) is 23.8 Å². The minimum atomic E-state index is -0.882. The summed E-state index contributed by atoms with van der Waals surface area (Å²) in [6, 6.07) is 1.69. The zero-order valence-corrected chi connectivity index (χ0v) is 15.1. The number of benzene rings is 1. The van der Waals surface area contributed by atoms with Gasteiger partial charge in [0.25, 0.3) is 0 Å². The van der Waals surface area contributed by atoms with Gasteiger partial charge in [-0.2, -0.15) is 0 Å². The van der Waals surface area contributed by atoms with E-state index < -0.39 is 11.6 Å². The molecule has 0 aliphatic carbocycles. The van der Waals surface area contributed by atoms with E-state index in [0.29, 0.717) is 36.5 Å². The van der Waals surface area contributed by atoms with Crippen LogP contribution in [0.15, 0.2) is 6.07 Å². The van der Waals surface area contributed by atoms with Gasteiger partial charge in [0.1, 0.15) is 30.5 Å². The summed E-state index contributed by atoms with van der Waals surface area (Å²) in [5.74, 6) is 3.29. The topological polar surface area (TPSA) is 63.2 Å². The number of hydrogen-bond donors (Lipinski definition) is 0. The van der Waals surface area contributed by atoms with Gasteiger partial charge in [-0.25, -0.2) is 4.79 Å². The predicted molar refractivity (Wildman–Crippen MR) is 91.8 cm³/mol. The van der Waals surface area contributed by atoms with Crippen molar-refractivity contribution >= 4 is 5.97 Å². The van der Waals surface area contributed by atoms with Crippen LogP contribution in [0.25, 0.3) is 0 Å². The molecule has 1 aromatic carbocycles. The Kier molecular flexibility index (Phi) is 6.29. The number of hydrogen-bond acceptors (Lipinski definition) is 6. The summed E-state index contributed by atoms with van der Waals surface area (Å²) >= 11 is 0. The molecule has 0 aromatic heterocycles. The summed E-state index contributed by atoms with van der Waals surface area (Å²) in [5.41, 5.74) is 1.19. The molecule has 1 aliphatic rings. The Balaban J connectivity index is 2.21. The van der Waals surface area contributed by atoms with E-state index in [1.54, 1.807) is 20.3 Å². The zero-order valence-electron chi connectivity index (χ0n) is 15.1. The van der Waals surface area contributed by atoms with Crippen LogP contribution in [0.3, 0.4) is 0 Å². The van der Waals surface area contributed by atoms with Crippen molar-refractivity contribution in [2.24, 2.45) is 0 Å². The lowest BCUT2D eigenvalue weighted by Crippen LogP contribution is -2.31. The fraction of sp³-hybridized carbons (Fsp3) is 0.526. The number of terminal acetylenes is 1. The van der Waals surface area contributed by atoms with Crippen LogP contribution in [0.2, 0.25) is 0 Å². The lowest BCUT2D eigenvalue weighted by molar-refractivity contribution is -0.0344. The number of carbonyl (C=O) groups is 1.